The summed E-state index contributed by atoms with van der Waals surface area (Å²) in [6, 6.07) is 2.84. The van der Waals surface area contributed by atoms with E-state index in [0.717, 1.165) is 12.3 Å². The summed E-state index contributed by atoms with van der Waals surface area (Å²) >= 11 is 5.71. The van der Waals surface area contributed by atoms with Crippen LogP contribution in [0.2, 0.25) is 5.15 Å². The first-order valence-corrected chi connectivity index (χ1v) is 5.61. The van der Waals surface area contributed by atoms with Crippen LogP contribution >= 0.6 is 11.6 Å². The molecule has 5 nitrogen and oxygen atoms in total. The minimum absolute atomic E-state index is 0.0204. The fourth-order valence-corrected chi connectivity index (χ4v) is 1.58. The number of pyridine rings is 1. The van der Waals surface area contributed by atoms with Gasteiger partial charge in [0.05, 0.1) is 18.3 Å². The Kier molecular flexibility index (Phi) is 3.88. The summed E-state index contributed by atoms with van der Waals surface area (Å²) in [7, 11) is 0. The Bertz CT molecular complexity index is 544. The smallest absolute Gasteiger partial charge is 0.254 e. The van der Waals surface area contributed by atoms with E-state index in [0.29, 0.717) is 13.1 Å². The maximum Gasteiger partial charge on any atom is 0.254 e. The Labute approximate surface area is 108 Å². The van der Waals surface area contributed by atoms with Crippen LogP contribution in [0, 0.1) is 5.82 Å². The van der Waals surface area contributed by atoms with Crippen LogP contribution < -0.4 is 5.32 Å². The highest BCUT2D eigenvalue weighted by Crippen LogP contribution is 2.13. The quantitative estimate of drug-likeness (QED) is 0.855. The summed E-state index contributed by atoms with van der Waals surface area (Å²) in [5.41, 5.74) is 0.0251. The van der Waals surface area contributed by atoms with Crippen LogP contribution in [0.4, 0.5) is 4.39 Å². The first-order chi connectivity index (χ1) is 8.66. The summed E-state index contributed by atoms with van der Waals surface area (Å²) < 4.78 is 14.6. The van der Waals surface area contributed by atoms with Gasteiger partial charge in [-0.2, -0.15) is 5.10 Å². The number of hydrogen-bond donors (Lipinski definition) is 1. The lowest BCUT2D eigenvalue weighted by Gasteiger charge is -2.06. The molecule has 0 radical (unpaired) electrons. The van der Waals surface area contributed by atoms with E-state index in [-0.39, 0.29) is 10.7 Å². The third kappa shape index (κ3) is 3.04. The number of nitrogens with zero attached hydrogens (tertiary/aromatic N) is 3. The Morgan fingerprint density at radius 3 is 3.11 bits per heavy atom. The minimum Gasteiger partial charge on any atom is -0.350 e. The van der Waals surface area contributed by atoms with Gasteiger partial charge >= 0.3 is 0 Å². The van der Waals surface area contributed by atoms with E-state index in [1.54, 1.807) is 23.1 Å². The molecule has 1 N–H and O–H groups in total. The second kappa shape index (κ2) is 5.59. The van der Waals surface area contributed by atoms with Crippen LogP contribution in [0.5, 0.6) is 0 Å². The number of amides is 1. The van der Waals surface area contributed by atoms with E-state index >= 15 is 0 Å². The summed E-state index contributed by atoms with van der Waals surface area (Å²) in [5, 5.41) is 6.58. The molecule has 2 rings (SSSR count). The van der Waals surface area contributed by atoms with Crippen LogP contribution in [-0.2, 0) is 6.54 Å². The highest BCUT2D eigenvalue weighted by atomic mass is 35.5. The molecule has 2 aromatic rings. The lowest BCUT2D eigenvalue weighted by atomic mass is 10.2. The van der Waals surface area contributed by atoms with Crippen molar-refractivity contribution in [2.75, 3.05) is 6.54 Å². The Morgan fingerprint density at radius 2 is 2.39 bits per heavy atom. The van der Waals surface area contributed by atoms with Gasteiger partial charge in [-0.25, -0.2) is 9.37 Å². The van der Waals surface area contributed by atoms with E-state index in [1.165, 1.54) is 0 Å². The molecular formula is C11H10ClFN4O. The molecule has 7 heteroatoms. The predicted molar refractivity (Wildman–Crippen MR) is 63.8 cm³/mol. The summed E-state index contributed by atoms with van der Waals surface area (Å²) in [6.07, 6.45) is 4.39. The van der Waals surface area contributed by atoms with Crippen LogP contribution in [0.1, 0.15) is 10.4 Å². The third-order valence-corrected chi connectivity index (χ3v) is 2.54. The second-order valence-electron chi connectivity index (χ2n) is 3.52. The SMILES string of the molecule is O=C(NCCn1cccn1)c1cc(F)cnc1Cl. The average Bonchev–Trinajstić information content (AvgIpc) is 2.85. The van der Waals surface area contributed by atoms with Crippen molar-refractivity contribution in [1.82, 2.24) is 20.1 Å². The zero-order valence-corrected chi connectivity index (χ0v) is 10.1. The van der Waals surface area contributed by atoms with Crippen LogP contribution in [0.3, 0.4) is 0 Å². The number of hydrogen-bond acceptors (Lipinski definition) is 3. The number of aromatic nitrogens is 3. The Balaban J connectivity index is 1.93. The molecule has 0 aliphatic rings. The molecule has 0 unspecified atom stereocenters. The zero-order chi connectivity index (χ0) is 13.0. The maximum absolute atomic E-state index is 12.9. The average molecular weight is 269 g/mol. The van der Waals surface area contributed by atoms with Crippen molar-refractivity contribution in [3.63, 3.8) is 0 Å². The molecule has 0 aliphatic carbocycles. The largest absolute Gasteiger partial charge is 0.350 e. The van der Waals surface area contributed by atoms with E-state index in [4.69, 9.17) is 11.6 Å². The van der Waals surface area contributed by atoms with Crippen molar-refractivity contribution in [3.05, 3.63) is 47.3 Å². The van der Waals surface area contributed by atoms with Gasteiger partial charge in [0, 0.05) is 18.9 Å². The Morgan fingerprint density at radius 1 is 1.56 bits per heavy atom. The number of halogens is 2. The van der Waals surface area contributed by atoms with Gasteiger partial charge in [-0.1, -0.05) is 11.6 Å². The van der Waals surface area contributed by atoms with Crippen molar-refractivity contribution >= 4 is 17.5 Å². The van der Waals surface area contributed by atoms with Crippen LogP contribution in [0.25, 0.3) is 0 Å². The zero-order valence-electron chi connectivity index (χ0n) is 9.31. The first-order valence-electron chi connectivity index (χ1n) is 5.23. The fraction of sp³-hybridized carbons (Fsp3) is 0.182. The molecule has 2 aromatic heterocycles. The predicted octanol–water partition coefficient (Wildman–Crippen LogP) is 1.50. The van der Waals surface area contributed by atoms with Gasteiger partial charge in [0.1, 0.15) is 11.0 Å². The normalized spacial score (nSPS) is 10.3. The maximum atomic E-state index is 12.9. The summed E-state index contributed by atoms with van der Waals surface area (Å²) in [6.45, 7) is 0.895. The molecule has 0 spiro atoms. The van der Waals surface area contributed by atoms with E-state index < -0.39 is 11.7 Å². The van der Waals surface area contributed by atoms with E-state index in [9.17, 15) is 9.18 Å². The van der Waals surface area contributed by atoms with Crippen LogP contribution in [0.15, 0.2) is 30.7 Å². The van der Waals surface area contributed by atoms with Crippen molar-refractivity contribution in [3.8, 4) is 0 Å². The number of carbonyl (C=O) groups is 1. The van der Waals surface area contributed by atoms with Gasteiger partial charge in [0.25, 0.3) is 5.91 Å². The molecule has 2 heterocycles. The molecule has 0 saturated heterocycles. The molecule has 0 aliphatic heterocycles. The van der Waals surface area contributed by atoms with Crippen molar-refractivity contribution < 1.29 is 9.18 Å². The molecule has 0 fully saturated rings. The lowest BCUT2D eigenvalue weighted by molar-refractivity contribution is 0.0951. The summed E-state index contributed by atoms with van der Waals surface area (Å²) in [5.74, 6) is -1.06. The summed E-state index contributed by atoms with van der Waals surface area (Å²) in [4.78, 5) is 15.3. The highest BCUT2D eigenvalue weighted by molar-refractivity contribution is 6.32. The molecule has 1 amide bonds. The third-order valence-electron chi connectivity index (χ3n) is 2.24. The molecular weight excluding hydrogens is 259 g/mol. The number of rotatable bonds is 4. The molecule has 0 aromatic carbocycles. The monoisotopic (exact) mass is 268 g/mol. The lowest BCUT2D eigenvalue weighted by Crippen LogP contribution is -2.27. The van der Waals surface area contributed by atoms with Crippen molar-refractivity contribution in [2.45, 2.75) is 6.54 Å². The standard InChI is InChI=1S/C11H10ClFN4O/c12-10-9(6-8(13)7-15-10)11(18)14-3-5-17-4-1-2-16-17/h1-2,4,6-7H,3,5H2,(H,14,18). The molecule has 0 bridgehead atoms. The number of nitrogens with one attached hydrogen (secondary N) is 1. The van der Waals surface area contributed by atoms with Gasteiger partial charge in [-0.3, -0.25) is 9.48 Å². The van der Waals surface area contributed by atoms with Gasteiger partial charge in [-0.05, 0) is 12.1 Å². The van der Waals surface area contributed by atoms with E-state index in [1.807, 2.05) is 0 Å². The molecule has 94 valence electrons. The van der Waals surface area contributed by atoms with E-state index in [2.05, 4.69) is 15.4 Å². The van der Waals surface area contributed by atoms with Gasteiger partial charge in [0.15, 0.2) is 0 Å². The Hall–Kier alpha value is -1.95. The van der Waals surface area contributed by atoms with Gasteiger partial charge in [0.2, 0.25) is 0 Å². The van der Waals surface area contributed by atoms with Gasteiger partial charge < -0.3 is 5.32 Å². The topological polar surface area (TPSA) is 59.8 Å². The number of carbonyl (C=O) groups excluding carboxylic acids is 1. The molecule has 0 atom stereocenters. The minimum atomic E-state index is -0.600. The van der Waals surface area contributed by atoms with Crippen LogP contribution in [-0.4, -0.2) is 27.2 Å². The molecule has 0 saturated carbocycles. The van der Waals surface area contributed by atoms with Crippen molar-refractivity contribution in [2.24, 2.45) is 0 Å². The second-order valence-corrected chi connectivity index (χ2v) is 3.87. The van der Waals surface area contributed by atoms with Crippen molar-refractivity contribution in [1.29, 1.82) is 0 Å². The highest BCUT2D eigenvalue weighted by Gasteiger charge is 2.12. The first kappa shape index (κ1) is 12.5. The molecule has 18 heavy (non-hydrogen) atoms. The van der Waals surface area contributed by atoms with Gasteiger partial charge in [-0.15, -0.1) is 0 Å². The fourth-order valence-electron chi connectivity index (χ4n) is 1.39.